The first-order valence-electron chi connectivity index (χ1n) is 10.6. The Bertz CT molecular complexity index is 1350. The molecule has 2 aromatic heterocycles. The van der Waals surface area contributed by atoms with Gasteiger partial charge in [-0.1, -0.05) is 18.2 Å². The highest BCUT2D eigenvalue weighted by atomic mass is 32.1. The minimum Gasteiger partial charge on any atom is -0.465 e. The summed E-state index contributed by atoms with van der Waals surface area (Å²) in [5.74, 6) is 2.64. The van der Waals surface area contributed by atoms with Crippen LogP contribution in [0, 0.1) is 13.8 Å². The van der Waals surface area contributed by atoms with E-state index in [2.05, 4.69) is 25.2 Å². The van der Waals surface area contributed by atoms with E-state index in [9.17, 15) is 4.79 Å². The summed E-state index contributed by atoms with van der Waals surface area (Å²) in [6.45, 7) is 5.19. The van der Waals surface area contributed by atoms with Crippen molar-refractivity contribution in [2.24, 2.45) is 0 Å². The largest absolute Gasteiger partial charge is 0.465 e. The number of nitrogens with one attached hydrogen (secondary N) is 1. The SMILES string of the molecule is COC(=O)c1ccc(-c2nc(NCCc3ccc4c(c3)OCO4)c3c(C)c(C)sc3n2)cc1. The number of carbonyl (C=O) groups is 1. The predicted molar refractivity (Wildman–Crippen MR) is 128 cm³/mol. The fourth-order valence-corrected chi connectivity index (χ4v) is 4.83. The molecular weight excluding hydrogens is 438 g/mol. The fourth-order valence-electron chi connectivity index (χ4n) is 3.80. The molecule has 0 aliphatic carbocycles. The van der Waals surface area contributed by atoms with E-state index in [1.807, 2.05) is 24.3 Å². The van der Waals surface area contributed by atoms with Crippen LogP contribution < -0.4 is 14.8 Å². The van der Waals surface area contributed by atoms with Crippen molar-refractivity contribution in [1.29, 1.82) is 0 Å². The molecule has 33 heavy (non-hydrogen) atoms. The topological polar surface area (TPSA) is 82.6 Å². The van der Waals surface area contributed by atoms with Gasteiger partial charge in [-0.2, -0.15) is 0 Å². The normalized spacial score (nSPS) is 12.2. The highest BCUT2D eigenvalue weighted by molar-refractivity contribution is 7.18. The summed E-state index contributed by atoms with van der Waals surface area (Å²) in [6.07, 6.45) is 0.813. The Kier molecular flexibility index (Phi) is 5.60. The molecule has 0 bridgehead atoms. The lowest BCUT2D eigenvalue weighted by atomic mass is 10.1. The van der Waals surface area contributed by atoms with Crippen LogP contribution in [0.5, 0.6) is 11.5 Å². The Balaban J connectivity index is 1.42. The molecule has 0 fully saturated rings. The minimum atomic E-state index is -0.367. The van der Waals surface area contributed by atoms with Crippen molar-refractivity contribution in [3.63, 3.8) is 0 Å². The molecular formula is C25H23N3O4S. The summed E-state index contributed by atoms with van der Waals surface area (Å²) < 4.78 is 15.7. The Morgan fingerprint density at radius 1 is 1.09 bits per heavy atom. The van der Waals surface area contributed by atoms with Crippen molar-refractivity contribution in [2.75, 3.05) is 25.8 Å². The first-order chi connectivity index (χ1) is 16.0. The van der Waals surface area contributed by atoms with Crippen molar-refractivity contribution in [1.82, 2.24) is 9.97 Å². The predicted octanol–water partition coefficient (Wildman–Crippen LogP) is 5.15. The second kappa shape index (κ2) is 8.71. The average Bonchev–Trinajstić information content (AvgIpc) is 3.42. The number of hydrogen-bond acceptors (Lipinski definition) is 8. The molecule has 0 unspecified atom stereocenters. The maximum atomic E-state index is 11.8. The third kappa shape index (κ3) is 4.09. The van der Waals surface area contributed by atoms with E-state index in [1.165, 1.54) is 17.6 Å². The maximum absolute atomic E-state index is 11.8. The van der Waals surface area contributed by atoms with Crippen molar-refractivity contribution in [3.05, 3.63) is 64.0 Å². The molecule has 4 aromatic rings. The molecule has 1 aliphatic heterocycles. The van der Waals surface area contributed by atoms with Gasteiger partial charge in [-0.25, -0.2) is 14.8 Å². The van der Waals surface area contributed by atoms with Gasteiger partial charge in [0.15, 0.2) is 17.3 Å². The second-order valence-corrected chi connectivity index (χ2v) is 9.00. The number of methoxy groups -OCH3 is 1. The van der Waals surface area contributed by atoms with Gasteiger partial charge in [-0.15, -0.1) is 11.3 Å². The lowest BCUT2D eigenvalue weighted by Gasteiger charge is -2.11. The molecule has 1 aliphatic rings. The van der Waals surface area contributed by atoms with Crippen molar-refractivity contribution in [2.45, 2.75) is 20.3 Å². The number of rotatable bonds is 6. The first kappa shape index (κ1) is 21.2. The number of carbonyl (C=O) groups excluding carboxylic acids is 1. The molecule has 0 saturated carbocycles. The van der Waals surface area contributed by atoms with E-state index in [0.29, 0.717) is 17.9 Å². The van der Waals surface area contributed by atoms with E-state index in [4.69, 9.17) is 24.2 Å². The molecule has 5 rings (SSSR count). The third-order valence-electron chi connectivity index (χ3n) is 5.74. The number of aromatic nitrogens is 2. The van der Waals surface area contributed by atoms with Crippen LogP contribution in [0.25, 0.3) is 21.6 Å². The van der Waals surface area contributed by atoms with Crippen LogP contribution in [0.15, 0.2) is 42.5 Å². The molecule has 7 nitrogen and oxygen atoms in total. The lowest BCUT2D eigenvalue weighted by molar-refractivity contribution is 0.0600. The molecule has 0 amide bonds. The standard InChI is InChI=1S/C25H23N3O4S/c1-14-15(2)33-24-21(14)23(26-11-10-16-4-9-19-20(12-16)32-13-31-19)27-22(28-24)17-5-7-18(8-6-17)25(29)30-3/h4-9,12H,10-11,13H2,1-3H3,(H,26,27,28). The van der Waals surface area contributed by atoms with E-state index < -0.39 is 0 Å². The highest BCUT2D eigenvalue weighted by Crippen LogP contribution is 2.35. The number of benzene rings is 2. The van der Waals surface area contributed by atoms with Crippen LogP contribution in [0.3, 0.4) is 0 Å². The maximum Gasteiger partial charge on any atom is 0.337 e. The average molecular weight is 462 g/mol. The van der Waals surface area contributed by atoms with Crippen LogP contribution in [0.2, 0.25) is 0 Å². The number of hydrogen-bond donors (Lipinski definition) is 1. The van der Waals surface area contributed by atoms with Gasteiger partial charge >= 0.3 is 5.97 Å². The lowest BCUT2D eigenvalue weighted by Crippen LogP contribution is -2.08. The molecule has 8 heteroatoms. The van der Waals surface area contributed by atoms with Crippen LogP contribution in [-0.4, -0.2) is 36.4 Å². The molecule has 0 spiro atoms. The summed E-state index contributed by atoms with van der Waals surface area (Å²) in [7, 11) is 1.37. The van der Waals surface area contributed by atoms with E-state index in [-0.39, 0.29) is 12.8 Å². The van der Waals surface area contributed by atoms with Gasteiger partial charge in [-0.05, 0) is 55.7 Å². The molecule has 168 valence electrons. The van der Waals surface area contributed by atoms with Gasteiger partial charge in [-0.3, -0.25) is 0 Å². The van der Waals surface area contributed by atoms with Gasteiger partial charge in [0.1, 0.15) is 10.6 Å². The van der Waals surface area contributed by atoms with Gasteiger partial charge in [0, 0.05) is 17.0 Å². The van der Waals surface area contributed by atoms with Gasteiger partial charge < -0.3 is 19.5 Å². The second-order valence-electron chi connectivity index (χ2n) is 7.79. The number of nitrogens with zero attached hydrogens (tertiary/aromatic N) is 2. The van der Waals surface area contributed by atoms with E-state index in [0.717, 1.165) is 45.1 Å². The number of esters is 1. The monoisotopic (exact) mass is 461 g/mol. The summed E-state index contributed by atoms with van der Waals surface area (Å²) in [6, 6.07) is 13.2. The van der Waals surface area contributed by atoms with Gasteiger partial charge in [0.05, 0.1) is 18.1 Å². The number of aryl methyl sites for hydroxylation is 2. The van der Waals surface area contributed by atoms with Crippen molar-refractivity contribution in [3.8, 4) is 22.9 Å². The van der Waals surface area contributed by atoms with Gasteiger partial charge in [0.25, 0.3) is 0 Å². The molecule has 1 N–H and O–H groups in total. The summed E-state index contributed by atoms with van der Waals surface area (Å²) in [5, 5.41) is 4.57. The van der Waals surface area contributed by atoms with Gasteiger partial charge in [0.2, 0.25) is 6.79 Å². The molecule has 0 atom stereocenters. The molecule has 3 heterocycles. The fraction of sp³-hybridized carbons (Fsp3) is 0.240. The van der Waals surface area contributed by atoms with Crippen LogP contribution in [-0.2, 0) is 11.2 Å². The summed E-state index contributed by atoms with van der Waals surface area (Å²) >= 11 is 1.66. The summed E-state index contributed by atoms with van der Waals surface area (Å²) in [4.78, 5) is 23.6. The van der Waals surface area contributed by atoms with Crippen molar-refractivity contribution < 1.29 is 19.0 Å². The first-order valence-corrected chi connectivity index (χ1v) is 11.4. The Morgan fingerprint density at radius 2 is 1.88 bits per heavy atom. The zero-order valence-electron chi connectivity index (χ0n) is 18.6. The Labute approximate surface area is 195 Å². The number of fused-ring (bicyclic) bond motifs is 2. The smallest absolute Gasteiger partial charge is 0.337 e. The van der Waals surface area contributed by atoms with E-state index in [1.54, 1.807) is 23.5 Å². The van der Waals surface area contributed by atoms with Crippen molar-refractivity contribution >= 4 is 33.3 Å². The van der Waals surface area contributed by atoms with E-state index >= 15 is 0 Å². The Hall–Kier alpha value is -3.65. The molecule has 0 saturated heterocycles. The number of ether oxygens (including phenoxy) is 3. The molecule has 2 aromatic carbocycles. The van der Waals surface area contributed by atoms with Crippen LogP contribution >= 0.6 is 11.3 Å². The number of thiophene rings is 1. The highest BCUT2D eigenvalue weighted by Gasteiger charge is 2.17. The zero-order valence-corrected chi connectivity index (χ0v) is 19.4. The third-order valence-corrected chi connectivity index (χ3v) is 6.84. The number of anilines is 1. The van der Waals surface area contributed by atoms with Crippen LogP contribution in [0.1, 0.15) is 26.4 Å². The molecule has 0 radical (unpaired) electrons. The minimum absolute atomic E-state index is 0.274. The summed E-state index contributed by atoms with van der Waals surface area (Å²) in [5.41, 5.74) is 3.68. The Morgan fingerprint density at radius 3 is 2.67 bits per heavy atom. The quantitative estimate of drug-likeness (QED) is 0.398. The zero-order chi connectivity index (χ0) is 22.9. The van der Waals surface area contributed by atoms with Crippen LogP contribution in [0.4, 0.5) is 5.82 Å².